The van der Waals surface area contributed by atoms with Crippen molar-refractivity contribution in [3.8, 4) is 11.5 Å². The molecule has 36 heavy (non-hydrogen) atoms. The predicted molar refractivity (Wildman–Crippen MR) is 138 cm³/mol. The predicted octanol–water partition coefficient (Wildman–Crippen LogP) is 3.95. The van der Waals surface area contributed by atoms with Crippen LogP contribution in [0.15, 0.2) is 72.8 Å². The standard InChI is InChI=1S/C28H29N3O5/c1-20-9-5-6-12-24(20)35-16-8-7-15-31-23-17-22(13-14-25(23)36-19-27(31)33)30-26(32)18-29-28(34)21-10-3-2-4-11-21/h2-6,9-14,17H,7-8,15-16,18-19H2,1H3,(H,29,34)(H,30,32). The summed E-state index contributed by atoms with van der Waals surface area (Å²) < 4.78 is 11.4. The molecule has 0 aromatic heterocycles. The summed E-state index contributed by atoms with van der Waals surface area (Å²) in [6.07, 6.45) is 1.53. The first-order chi connectivity index (χ1) is 17.5. The smallest absolute Gasteiger partial charge is 0.265 e. The van der Waals surface area contributed by atoms with Crippen LogP contribution in [-0.4, -0.2) is 44.0 Å². The second kappa shape index (κ2) is 11.9. The molecule has 8 nitrogen and oxygen atoms in total. The Bertz CT molecular complexity index is 1230. The third kappa shape index (κ3) is 6.41. The molecule has 0 saturated heterocycles. The number of para-hydroxylation sites is 1. The van der Waals surface area contributed by atoms with Gasteiger partial charge in [0.15, 0.2) is 6.61 Å². The lowest BCUT2D eigenvalue weighted by Gasteiger charge is -2.30. The molecule has 1 aliphatic rings. The molecule has 1 heterocycles. The molecule has 2 N–H and O–H groups in total. The minimum atomic E-state index is -0.373. The molecule has 0 spiro atoms. The molecule has 0 unspecified atom stereocenters. The molecule has 1 aliphatic heterocycles. The van der Waals surface area contributed by atoms with E-state index in [0.29, 0.717) is 35.8 Å². The Morgan fingerprint density at radius 2 is 1.78 bits per heavy atom. The van der Waals surface area contributed by atoms with E-state index in [4.69, 9.17) is 9.47 Å². The number of nitrogens with zero attached hydrogens (tertiary/aromatic N) is 1. The molecule has 8 heteroatoms. The fourth-order valence-electron chi connectivity index (χ4n) is 3.85. The number of benzene rings is 3. The Morgan fingerprint density at radius 3 is 2.58 bits per heavy atom. The molecule has 3 aromatic rings. The highest BCUT2D eigenvalue weighted by Gasteiger charge is 2.25. The highest BCUT2D eigenvalue weighted by molar-refractivity contribution is 6.01. The number of amides is 3. The Morgan fingerprint density at radius 1 is 1.00 bits per heavy atom. The third-order valence-electron chi connectivity index (χ3n) is 5.76. The molecule has 0 fully saturated rings. The van der Waals surface area contributed by atoms with Gasteiger partial charge in [0.25, 0.3) is 11.8 Å². The Hall–Kier alpha value is -4.33. The Balaban J connectivity index is 1.30. The minimum absolute atomic E-state index is 0.0239. The number of hydrogen-bond donors (Lipinski definition) is 2. The molecule has 0 atom stereocenters. The number of hydrogen-bond acceptors (Lipinski definition) is 5. The van der Waals surface area contributed by atoms with Gasteiger partial charge in [-0.1, -0.05) is 36.4 Å². The van der Waals surface area contributed by atoms with Crippen LogP contribution in [0, 0.1) is 6.92 Å². The van der Waals surface area contributed by atoms with Crippen LogP contribution in [0.2, 0.25) is 0 Å². The summed E-state index contributed by atoms with van der Waals surface area (Å²) in [7, 11) is 0. The van der Waals surface area contributed by atoms with Gasteiger partial charge in [0.05, 0.1) is 18.8 Å². The summed E-state index contributed by atoms with van der Waals surface area (Å²) in [4.78, 5) is 38.8. The summed E-state index contributed by atoms with van der Waals surface area (Å²) in [5.74, 6) is 0.614. The number of rotatable bonds is 10. The van der Waals surface area contributed by atoms with Gasteiger partial charge >= 0.3 is 0 Å². The highest BCUT2D eigenvalue weighted by atomic mass is 16.5. The van der Waals surface area contributed by atoms with Gasteiger partial charge in [0.1, 0.15) is 11.5 Å². The maximum Gasteiger partial charge on any atom is 0.265 e. The van der Waals surface area contributed by atoms with Crippen LogP contribution < -0.4 is 25.0 Å². The average molecular weight is 488 g/mol. The number of nitrogens with one attached hydrogen (secondary N) is 2. The van der Waals surface area contributed by atoms with Crippen molar-refractivity contribution in [1.82, 2.24) is 5.32 Å². The topological polar surface area (TPSA) is 97.0 Å². The summed E-state index contributed by atoms with van der Waals surface area (Å²) >= 11 is 0. The Kier molecular flexibility index (Phi) is 8.18. The third-order valence-corrected chi connectivity index (χ3v) is 5.76. The molecular formula is C28H29N3O5. The molecule has 0 saturated carbocycles. The van der Waals surface area contributed by atoms with E-state index < -0.39 is 0 Å². The highest BCUT2D eigenvalue weighted by Crippen LogP contribution is 2.34. The normalized spacial score (nSPS) is 12.4. The minimum Gasteiger partial charge on any atom is -0.493 e. The van der Waals surface area contributed by atoms with Crippen LogP contribution in [-0.2, 0) is 9.59 Å². The first-order valence-corrected chi connectivity index (χ1v) is 11.9. The summed E-state index contributed by atoms with van der Waals surface area (Å²) in [6.45, 7) is 2.87. The zero-order chi connectivity index (χ0) is 25.3. The van der Waals surface area contributed by atoms with Crippen molar-refractivity contribution in [1.29, 1.82) is 0 Å². The molecule has 3 aromatic carbocycles. The monoisotopic (exact) mass is 487 g/mol. The zero-order valence-electron chi connectivity index (χ0n) is 20.2. The van der Waals surface area contributed by atoms with Crippen molar-refractivity contribution in [3.05, 3.63) is 83.9 Å². The maximum atomic E-state index is 12.6. The SMILES string of the molecule is Cc1ccccc1OCCCCN1C(=O)COc2ccc(NC(=O)CNC(=O)c3ccccc3)cc21. The summed E-state index contributed by atoms with van der Waals surface area (Å²) in [6, 6.07) is 21.7. The van der Waals surface area contributed by atoms with E-state index in [1.165, 1.54) is 0 Å². The van der Waals surface area contributed by atoms with Gasteiger partial charge < -0.3 is 25.0 Å². The van der Waals surface area contributed by atoms with E-state index in [2.05, 4.69) is 10.6 Å². The van der Waals surface area contributed by atoms with E-state index >= 15 is 0 Å². The lowest BCUT2D eigenvalue weighted by atomic mass is 10.2. The van der Waals surface area contributed by atoms with E-state index in [1.54, 1.807) is 47.4 Å². The second-order valence-electron chi connectivity index (χ2n) is 8.43. The zero-order valence-corrected chi connectivity index (χ0v) is 20.2. The van der Waals surface area contributed by atoms with Crippen LogP contribution in [0.4, 0.5) is 11.4 Å². The van der Waals surface area contributed by atoms with Gasteiger partial charge in [-0.2, -0.15) is 0 Å². The molecule has 186 valence electrons. The van der Waals surface area contributed by atoms with Crippen LogP contribution in [0.25, 0.3) is 0 Å². The van der Waals surface area contributed by atoms with Crippen molar-refractivity contribution >= 4 is 29.1 Å². The number of carbonyl (C=O) groups is 3. The first-order valence-electron chi connectivity index (χ1n) is 11.9. The van der Waals surface area contributed by atoms with Gasteiger partial charge in [-0.05, 0) is 61.7 Å². The van der Waals surface area contributed by atoms with Gasteiger partial charge in [-0.15, -0.1) is 0 Å². The van der Waals surface area contributed by atoms with Crippen molar-refractivity contribution in [2.75, 3.05) is 36.5 Å². The van der Waals surface area contributed by atoms with Gasteiger partial charge in [-0.25, -0.2) is 0 Å². The van der Waals surface area contributed by atoms with Gasteiger partial charge in [0.2, 0.25) is 5.91 Å². The number of unbranched alkanes of at least 4 members (excludes halogenated alkanes) is 1. The fourth-order valence-corrected chi connectivity index (χ4v) is 3.85. The number of anilines is 2. The largest absolute Gasteiger partial charge is 0.493 e. The summed E-state index contributed by atoms with van der Waals surface area (Å²) in [5.41, 5.74) is 2.69. The quantitative estimate of drug-likeness (QED) is 0.422. The molecule has 4 rings (SSSR count). The lowest BCUT2D eigenvalue weighted by Crippen LogP contribution is -2.39. The number of fused-ring (bicyclic) bond motifs is 1. The molecule has 0 aliphatic carbocycles. The molecule has 0 bridgehead atoms. The van der Waals surface area contributed by atoms with Crippen molar-refractivity contribution in [3.63, 3.8) is 0 Å². The number of ether oxygens (including phenoxy) is 2. The second-order valence-corrected chi connectivity index (χ2v) is 8.43. The molecule has 3 amide bonds. The van der Waals surface area contributed by atoms with E-state index in [1.807, 2.05) is 37.3 Å². The average Bonchev–Trinajstić information content (AvgIpc) is 2.89. The van der Waals surface area contributed by atoms with Crippen molar-refractivity contribution in [2.24, 2.45) is 0 Å². The molecular weight excluding hydrogens is 458 g/mol. The van der Waals surface area contributed by atoms with E-state index in [9.17, 15) is 14.4 Å². The van der Waals surface area contributed by atoms with E-state index in [-0.39, 0.29) is 30.9 Å². The number of carbonyl (C=O) groups excluding carboxylic acids is 3. The van der Waals surface area contributed by atoms with Crippen molar-refractivity contribution < 1.29 is 23.9 Å². The van der Waals surface area contributed by atoms with E-state index in [0.717, 1.165) is 24.2 Å². The molecule has 0 radical (unpaired) electrons. The number of aryl methyl sites for hydroxylation is 1. The maximum absolute atomic E-state index is 12.6. The van der Waals surface area contributed by atoms with Gasteiger partial charge in [0, 0.05) is 17.8 Å². The fraction of sp³-hybridized carbons (Fsp3) is 0.250. The van der Waals surface area contributed by atoms with Gasteiger partial charge in [-0.3, -0.25) is 14.4 Å². The first kappa shape index (κ1) is 24.8. The summed E-state index contributed by atoms with van der Waals surface area (Å²) in [5, 5.41) is 5.37. The Labute approximate surface area is 210 Å². The van der Waals surface area contributed by atoms with Crippen LogP contribution in [0.5, 0.6) is 11.5 Å². The van der Waals surface area contributed by atoms with Crippen LogP contribution in [0.3, 0.4) is 0 Å². The lowest BCUT2D eigenvalue weighted by molar-refractivity contribution is -0.121. The van der Waals surface area contributed by atoms with Crippen molar-refractivity contribution in [2.45, 2.75) is 19.8 Å². The van der Waals surface area contributed by atoms with Crippen LogP contribution in [0.1, 0.15) is 28.8 Å². The van der Waals surface area contributed by atoms with Crippen LogP contribution >= 0.6 is 0 Å².